The standard InChI is InChI=1S/C16H9BrClN3O3/c17-14-8-13(21(23)24)5-6-15(14)20-16(22)11(9-19)7-10-1-3-12(18)4-2-10/h1-8H,(H,20,22)/b11-7+. The maximum atomic E-state index is 12.2. The molecule has 0 saturated carbocycles. The SMILES string of the molecule is N#C/C(=C\c1ccc(Cl)cc1)C(=O)Nc1ccc([N+](=O)[O-])cc1Br. The molecule has 24 heavy (non-hydrogen) atoms. The van der Waals surface area contributed by atoms with Crippen molar-refractivity contribution in [1.82, 2.24) is 0 Å². The molecule has 0 radical (unpaired) electrons. The molecule has 0 fully saturated rings. The number of nitriles is 1. The molecule has 0 saturated heterocycles. The van der Waals surface area contributed by atoms with Gasteiger partial charge in [-0.2, -0.15) is 5.26 Å². The number of anilines is 1. The highest BCUT2D eigenvalue weighted by Crippen LogP contribution is 2.27. The molecule has 0 spiro atoms. The first kappa shape index (κ1) is 17.7. The molecule has 0 aliphatic carbocycles. The van der Waals surface area contributed by atoms with E-state index in [1.807, 2.05) is 6.07 Å². The number of amides is 1. The molecular formula is C16H9BrClN3O3. The highest BCUT2D eigenvalue weighted by atomic mass is 79.9. The molecular weight excluding hydrogens is 398 g/mol. The minimum atomic E-state index is -0.623. The Morgan fingerprint density at radius 1 is 1.29 bits per heavy atom. The fraction of sp³-hybridized carbons (Fsp3) is 0. The van der Waals surface area contributed by atoms with Crippen LogP contribution in [-0.4, -0.2) is 10.8 Å². The molecule has 0 unspecified atom stereocenters. The van der Waals surface area contributed by atoms with E-state index in [-0.39, 0.29) is 11.3 Å². The maximum absolute atomic E-state index is 12.2. The van der Waals surface area contributed by atoms with E-state index in [1.165, 1.54) is 24.3 Å². The molecule has 0 aliphatic heterocycles. The molecule has 0 bridgehead atoms. The second-order valence-corrected chi connectivity index (χ2v) is 5.89. The van der Waals surface area contributed by atoms with E-state index in [2.05, 4.69) is 21.2 Å². The topological polar surface area (TPSA) is 96.0 Å². The molecule has 0 atom stereocenters. The Morgan fingerprint density at radius 2 is 1.96 bits per heavy atom. The molecule has 2 aromatic rings. The van der Waals surface area contributed by atoms with Crippen molar-refractivity contribution in [2.45, 2.75) is 0 Å². The second kappa shape index (κ2) is 7.73. The van der Waals surface area contributed by atoms with Crippen LogP contribution in [0.4, 0.5) is 11.4 Å². The number of carbonyl (C=O) groups is 1. The third-order valence-corrected chi connectivity index (χ3v) is 3.87. The molecule has 1 amide bonds. The van der Waals surface area contributed by atoms with Crippen LogP contribution >= 0.6 is 27.5 Å². The van der Waals surface area contributed by atoms with Crippen LogP contribution in [0.3, 0.4) is 0 Å². The van der Waals surface area contributed by atoms with Gasteiger partial charge in [-0.15, -0.1) is 0 Å². The zero-order valence-electron chi connectivity index (χ0n) is 12.0. The lowest BCUT2D eigenvalue weighted by molar-refractivity contribution is -0.384. The number of non-ortho nitro benzene ring substituents is 1. The van der Waals surface area contributed by atoms with Gasteiger partial charge < -0.3 is 5.32 Å². The number of halogens is 2. The van der Waals surface area contributed by atoms with Gasteiger partial charge in [0.1, 0.15) is 11.6 Å². The first-order valence-corrected chi connectivity index (χ1v) is 7.70. The number of benzene rings is 2. The molecule has 2 aromatic carbocycles. The van der Waals surface area contributed by atoms with E-state index in [9.17, 15) is 20.2 Å². The summed E-state index contributed by atoms with van der Waals surface area (Å²) >= 11 is 8.94. The normalized spacial score (nSPS) is 10.8. The Morgan fingerprint density at radius 3 is 2.50 bits per heavy atom. The number of rotatable bonds is 4. The first-order chi connectivity index (χ1) is 11.4. The zero-order chi connectivity index (χ0) is 17.7. The quantitative estimate of drug-likeness (QED) is 0.348. The van der Waals surface area contributed by atoms with Crippen LogP contribution in [0, 0.1) is 21.4 Å². The molecule has 2 rings (SSSR count). The summed E-state index contributed by atoms with van der Waals surface area (Å²) in [6.45, 7) is 0. The lowest BCUT2D eigenvalue weighted by Gasteiger charge is -2.06. The maximum Gasteiger partial charge on any atom is 0.270 e. The van der Waals surface area contributed by atoms with E-state index in [1.54, 1.807) is 24.3 Å². The van der Waals surface area contributed by atoms with Gasteiger partial charge in [0.25, 0.3) is 11.6 Å². The summed E-state index contributed by atoms with van der Waals surface area (Å²) in [6, 6.07) is 12.4. The summed E-state index contributed by atoms with van der Waals surface area (Å²) in [5.74, 6) is -0.623. The third kappa shape index (κ3) is 4.41. The average Bonchev–Trinajstić information content (AvgIpc) is 2.55. The van der Waals surface area contributed by atoms with Gasteiger partial charge in [-0.1, -0.05) is 23.7 Å². The zero-order valence-corrected chi connectivity index (χ0v) is 14.3. The lowest BCUT2D eigenvalue weighted by Crippen LogP contribution is -2.13. The van der Waals surface area contributed by atoms with Crippen molar-refractivity contribution < 1.29 is 9.72 Å². The summed E-state index contributed by atoms with van der Waals surface area (Å²) in [5, 5.41) is 23.0. The molecule has 1 N–H and O–H groups in total. The number of nitro benzene ring substituents is 1. The number of hydrogen-bond acceptors (Lipinski definition) is 4. The van der Waals surface area contributed by atoms with Crippen LogP contribution in [0.5, 0.6) is 0 Å². The summed E-state index contributed by atoms with van der Waals surface area (Å²) in [6.07, 6.45) is 1.42. The Bertz CT molecular complexity index is 873. The lowest BCUT2D eigenvalue weighted by atomic mass is 10.1. The van der Waals surface area contributed by atoms with Gasteiger partial charge in [0.15, 0.2) is 0 Å². The van der Waals surface area contributed by atoms with E-state index in [0.717, 1.165) is 0 Å². The van der Waals surface area contributed by atoms with Gasteiger partial charge in [-0.3, -0.25) is 14.9 Å². The number of nitro groups is 1. The predicted molar refractivity (Wildman–Crippen MR) is 94.5 cm³/mol. The van der Waals surface area contributed by atoms with Crippen LogP contribution < -0.4 is 5.32 Å². The third-order valence-electron chi connectivity index (χ3n) is 2.96. The van der Waals surface area contributed by atoms with Gasteiger partial charge in [-0.25, -0.2) is 0 Å². The average molecular weight is 407 g/mol. The summed E-state index contributed by atoms with van der Waals surface area (Å²) in [5.41, 5.74) is 0.747. The number of hydrogen-bond donors (Lipinski definition) is 1. The van der Waals surface area contributed by atoms with E-state index < -0.39 is 10.8 Å². The molecule has 0 aliphatic rings. The number of nitrogens with zero attached hydrogens (tertiary/aromatic N) is 2. The van der Waals surface area contributed by atoms with Gasteiger partial charge in [0.05, 0.1) is 10.6 Å². The van der Waals surface area contributed by atoms with Crippen molar-refractivity contribution in [3.8, 4) is 6.07 Å². The van der Waals surface area contributed by atoms with Crippen LogP contribution in [-0.2, 0) is 4.79 Å². The summed E-state index contributed by atoms with van der Waals surface area (Å²) < 4.78 is 0.342. The van der Waals surface area contributed by atoms with Crippen molar-refractivity contribution in [2.24, 2.45) is 0 Å². The molecule has 120 valence electrons. The molecule has 0 heterocycles. The predicted octanol–water partition coefficient (Wildman–Crippen LogP) is 4.56. The first-order valence-electron chi connectivity index (χ1n) is 6.53. The van der Waals surface area contributed by atoms with Crippen LogP contribution in [0.1, 0.15) is 5.56 Å². The van der Waals surface area contributed by atoms with Crippen molar-refractivity contribution in [3.63, 3.8) is 0 Å². The number of nitrogens with one attached hydrogen (secondary N) is 1. The van der Waals surface area contributed by atoms with Crippen molar-refractivity contribution >= 4 is 50.9 Å². The molecule has 0 aromatic heterocycles. The Hall–Kier alpha value is -2.69. The van der Waals surface area contributed by atoms with Gasteiger partial charge in [0, 0.05) is 21.6 Å². The smallest absolute Gasteiger partial charge is 0.270 e. The Balaban J connectivity index is 2.22. The number of carbonyl (C=O) groups excluding carboxylic acids is 1. The van der Waals surface area contributed by atoms with Gasteiger partial charge in [0.2, 0.25) is 0 Å². The minimum absolute atomic E-state index is 0.109. The second-order valence-electron chi connectivity index (χ2n) is 4.60. The van der Waals surface area contributed by atoms with E-state index in [4.69, 9.17) is 11.6 Å². The summed E-state index contributed by atoms with van der Waals surface area (Å²) in [4.78, 5) is 22.4. The van der Waals surface area contributed by atoms with Crippen LogP contribution in [0.2, 0.25) is 5.02 Å². The highest BCUT2D eigenvalue weighted by molar-refractivity contribution is 9.10. The van der Waals surface area contributed by atoms with Crippen molar-refractivity contribution in [3.05, 3.63) is 73.2 Å². The Labute approximate surface area is 150 Å². The van der Waals surface area contributed by atoms with Crippen LogP contribution in [0.25, 0.3) is 6.08 Å². The minimum Gasteiger partial charge on any atom is -0.320 e. The van der Waals surface area contributed by atoms with E-state index in [0.29, 0.717) is 20.7 Å². The largest absolute Gasteiger partial charge is 0.320 e. The molecule has 8 heteroatoms. The van der Waals surface area contributed by atoms with Gasteiger partial charge >= 0.3 is 0 Å². The highest BCUT2D eigenvalue weighted by Gasteiger charge is 2.14. The fourth-order valence-corrected chi connectivity index (χ4v) is 2.37. The van der Waals surface area contributed by atoms with Gasteiger partial charge in [-0.05, 0) is 45.8 Å². The van der Waals surface area contributed by atoms with Crippen molar-refractivity contribution in [1.29, 1.82) is 5.26 Å². The fourth-order valence-electron chi connectivity index (χ4n) is 1.78. The monoisotopic (exact) mass is 405 g/mol. The van der Waals surface area contributed by atoms with E-state index >= 15 is 0 Å². The summed E-state index contributed by atoms with van der Waals surface area (Å²) in [7, 11) is 0. The Kier molecular flexibility index (Phi) is 5.68. The van der Waals surface area contributed by atoms with Crippen LogP contribution in [0.15, 0.2) is 52.5 Å². The van der Waals surface area contributed by atoms with Crippen molar-refractivity contribution in [2.75, 3.05) is 5.32 Å². The molecule has 6 nitrogen and oxygen atoms in total.